The van der Waals surface area contributed by atoms with Gasteiger partial charge in [0.1, 0.15) is 5.75 Å². The zero-order valence-electron chi connectivity index (χ0n) is 17.1. The smallest absolute Gasteiger partial charge is 0.406 e. The predicted molar refractivity (Wildman–Crippen MR) is 116 cm³/mol. The van der Waals surface area contributed by atoms with Crippen molar-refractivity contribution in [3.63, 3.8) is 0 Å². The standard InChI is InChI=1S/C21H25F3N2O3S.ClH/c1-2-12-26-13-4-6-17(15-26)16-5-3-7-18(14-16)25-30(27,28)20-10-8-19(9-11-20)29-21(22,23)24;/h3,5,7-11,14,17,25H,2,4,6,12-13,15H2,1H3;1H. The number of nitrogens with one attached hydrogen (secondary N) is 1. The molecule has 0 aromatic heterocycles. The van der Waals surface area contributed by atoms with Gasteiger partial charge >= 0.3 is 6.36 Å². The average Bonchev–Trinajstić information content (AvgIpc) is 2.67. The van der Waals surface area contributed by atoms with Crippen LogP contribution >= 0.6 is 12.4 Å². The number of anilines is 1. The van der Waals surface area contributed by atoms with Crippen LogP contribution in [0.3, 0.4) is 0 Å². The van der Waals surface area contributed by atoms with E-state index in [-0.39, 0.29) is 17.3 Å². The molecule has 0 bridgehead atoms. The summed E-state index contributed by atoms with van der Waals surface area (Å²) in [5, 5.41) is 0. The number of piperidine rings is 1. The second-order valence-corrected chi connectivity index (χ2v) is 9.07. The van der Waals surface area contributed by atoms with Crippen molar-refractivity contribution in [2.45, 2.75) is 43.4 Å². The summed E-state index contributed by atoms with van der Waals surface area (Å²) in [6, 6.07) is 11.4. The molecule has 1 atom stereocenters. The van der Waals surface area contributed by atoms with Crippen LogP contribution in [0.25, 0.3) is 0 Å². The molecule has 0 amide bonds. The molecule has 3 rings (SSSR count). The Morgan fingerprint density at radius 2 is 1.87 bits per heavy atom. The van der Waals surface area contributed by atoms with Crippen LogP contribution in [0.5, 0.6) is 5.75 Å². The van der Waals surface area contributed by atoms with E-state index in [1.165, 1.54) is 0 Å². The third kappa shape index (κ3) is 7.29. The minimum absolute atomic E-state index is 0. The van der Waals surface area contributed by atoms with Crippen molar-refractivity contribution < 1.29 is 26.3 Å². The van der Waals surface area contributed by atoms with Crippen molar-refractivity contribution in [2.75, 3.05) is 24.4 Å². The Balaban J connectivity index is 0.00000341. The number of sulfonamides is 1. The van der Waals surface area contributed by atoms with Gasteiger partial charge in [-0.1, -0.05) is 19.1 Å². The van der Waals surface area contributed by atoms with Crippen molar-refractivity contribution in [1.29, 1.82) is 0 Å². The maximum absolute atomic E-state index is 12.6. The lowest BCUT2D eigenvalue weighted by Gasteiger charge is -2.32. The molecule has 1 fully saturated rings. The number of halogens is 4. The van der Waals surface area contributed by atoms with Crippen LogP contribution in [0.15, 0.2) is 53.4 Å². The first-order chi connectivity index (χ1) is 14.2. The molecule has 1 aliphatic rings. The molecule has 0 spiro atoms. The monoisotopic (exact) mass is 478 g/mol. The van der Waals surface area contributed by atoms with Gasteiger partial charge in [-0.3, -0.25) is 4.72 Å². The van der Waals surface area contributed by atoms with Crippen LogP contribution in [0.1, 0.15) is 37.7 Å². The highest BCUT2D eigenvalue weighted by molar-refractivity contribution is 7.92. The number of rotatable bonds is 7. The molecule has 1 heterocycles. The van der Waals surface area contributed by atoms with E-state index in [2.05, 4.69) is 21.3 Å². The van der Waals surface area contributed by atoms with Gasteiger partial charge in [-0.2, -0.15) is 0 Å². The maximum atomic E-state index is 12.6. The minimum Gasteiger partial charge on any atom is -0.406 e. The highest BCUT2D eigenvalue weighted by Crippen LogP contribution is 2.30. The molecule has 0 aliphatic carbocycles. The summed E-state index contributed by atoms with van der Waals surface area (Å²) >= 11 is 0. The summed E-state index contributed by atoms with van der Waals surface area (Å²) in [6.45, 7) is 5.24. The van der Waals surface area contributed by atoms with E-state index < -0.39 is 22.1 Å². The Morgan fingerprint density at radius 1 is 1.16 bits per heavy atom. The molecule has 1 N–H and O–H groups in total. The first-order valence-corrected chi connectivity index (χ1v) is 11.4. The Morgan fingerprint density at radius 3 is 2.52 bits per heavy atom. The van der Waals surface area contributed by atoms with E-state index in [0.717, 1.165) is 68.7 Å². The number of likely N-dealkylation sites (tertiary alicyclic amines) is 1. The molecule has 1 unspecified atom stereocenters. The molecule has 1 aliphatic heterocycles. The fraction of sp³-hybridized carbons (Fsp3) is 0.429. The van der Waals surface area contributed by atoms with Crippen LogP contribution in [-0.2, 0) is 10.0 Å². The molecule has 2 aromatic rings. The molecule has 10 heteroatoms. The van der Waals surface area contributed by atoms with Crippen LogP contribution in [-0.4, -0.2) is 39.3 Å². The molecule has 172 valence electrons. The lowest BCUT2D eigenvalue weighted by molar-refractivity contribution is -0.274. The zero-order valence-corrected chi connectivity index (χ0v) is 18.7. The van der Waals surface area contributed by atoms with E-state index in [0.29, 0.717) is 11.6 Å². The van der Waals surface area contributed by atoms with Gasteiger partial charge in [0.25, 0.3) is 10.0 Å². The highest BCUT2D eigenvalue weighted by atomic mass is 35.5. The fourth-order valence-corrected chi connectivity index (χ4v) is 4.79. The van der Waals surface area contributed by atoms with Crippen molar-refractivity contribution >= 4 is 28.1 Å². The lowest BCUT2D eigenvalue weighted by Crippen LogP contribution is -2.34. The van der Waals surface area contributed by atoms with Gasteiger partial charge in [0.15, 0.2) is 0 Å². The quantitative estimate of drug-likeness (QED) is 0.579. The molecule has 1 saturated heterocycles. The third-order valence-corrected chi connectivity index (χ3v) is 6.42. The molecule has 2 aromatic carbocycles. The first kappa shape index (κ1) is 25.3. The van der Waals surface area contributed by atoms with E-state index in [9.17, 15) is 21.6 Å². The van der Waals surface area contributed by atoms with Crippen molar-refractivity contribution in [2.24, 2.45) is 0 Å². The van der Waals surface area contributed by atoms with Crippen molar-refractivity contribution in [3.8, 4) is 5.75 Å². The molecule has 5 nitrogen and oxygen atoms in total. The van der Waals surface area contributed by atoms with Gasteiger partial charge in [0.2, 0.25) is 0 Å². The number of benzene rings is 2. The zero-order chi connectivity index (χ0) is 21.8. The van der Waals surface area contributed by atoms with Gasteiger partial charge < -0.3 is 9.64 Å². The number of hydrogen-bond acceptors (Lipinski definition) is 4. The van der Waals surface area contributed by atoms with E-state index in [1.807, 2.05) is 18.2 Å². The summed E-state index contributed by atoms with van der Waals surface area (Å²) in [5.74, 6) is -0.133. The summed E-state index contributed by atoms with van der Waals surface area (Å²) < 4.78 is 68.4. The molecule has 0 radical (unpaired) electrons. The predicted octanol–water partition coefficient (Wildman–Crippen LogP) is 5.40. The second-order valence-electron chi connectivity index (χ2n) is 7.39. The van der Waals surface area contributed by atoms with Gasteiger partial charge in [0, 0.05) is 12.2 Å². The van der Waals surface area contributed by atoms with E-state index in [1.54, 1.807) is 6.07 Å². The fourth-order valence-electron chi connectivity index (χ4n) is 3.74. The molecular formula is C21H26ClF3N2O3S. The van der Waals surface area contributed by atoms with Crippen molar-refractivity contribution in [3.05, 3.63) is 54.1 Å². The average molecular weight is 479 g/mol. The minimum atomic E-state index is -4.83. The highest BCUT2D eigenvalue weighted by Gasteiger charge is 2.31. The Labute approximate surface area is 187 Å². The summed E-state index contributed by atoms with van der Waals surface area (Å²) in [4.78, 5) is 2.28. The Bertz CT molecular complexity index is 951. The van der Waals surface area contributed by atoms with Gasteiger partial charge in [-0.05, 0) is 80.2 Å². The molecule has 31 heavy (non-hydrogen) atoms. The summed E-state index contributed by atoms with van der Waals surface area (Å²) in [5.41, 5.74) is 1.50. The Kier molecular flexibility index (Phi) is 8.62. The van der Waals surface area contributed by atoms with Crippen LogP contribution in [0.2, 0.25) is 0 Å². The van der Waals surface area contributed by atoms with Gasteiger partial charge in [0.05, 0.1) is 4.90 Å². The number of alkyl halides is 3. The normalized spacial score (nSPS) is 17.6. The van der Waals surface area contributed by atoms with Crippen molar-refractivity contribution in [1.82, 2.24) is 4.90 Å². The summed E-state index contributed by atoms with van der Waals surface area (Å²) in [7, 11) is -3.94. The lowest BCUT2D eigenvalue weighted by atomic mass is 9.90. The van der Waals surface area contributed by atoms with E-state index >= 15 is 0 Å². The Hall–Kier alpha value is -1.97. The first-order valence-electron chi connectivity index (χ1n) is 9.87. The van der Waals surface area contributed by atoms with Crippen LogP contribution < -0.4 is 9.46 Å². The number of nitrogens with zero attached hydrogens (tertiary/aromatic N) is 1. The molecule has 0 saturated carbocycles. The van der Waals surface area contributed by atoms with Crippen LogP contribution in [0.4, 0.5) is 18.9 Å². The number of ether oxygens (including phenoxy) is 1. The maximum Gasteiger partial charge on any atom is 0.573 e. The second kappa shape index (κ2) is 10.6. The van der Waals surface area contributed by atoms with E-state index in [4.69, 9.17) is 0 Å². The van der Waals surface area contributed by atoms with Gasteiger partial charge in [-0.15, -0.1) is 25.6 Å². The summed E-state index contributed by atoms with van der Waals surface area (Å²) in [6.07, 6.45) is -1.58. The third-order valence-electron chi connectivity index (χ3n) is 5.02. The molecular weight excluding hydrogens is 453 g/mol. The SMILES string of the molecule is CCCN1CCCC(c2cccc(NS(=O)(=O)c3ccc(OC(F)(F)F)cc3)c2)C1.Cl. The van der Waals surface area contributed by atoms with Gasteiger partial charge in [-0.25, -0.2) is 8.42 Å². The largest absolute Gasteiger partial charge is 0.573 e. The topological polar surface area (TPSA) is 58.6 Å². The van der Waals surface area contributed by atoms with Crippen LogP contribution in [0, 0.1) is 0 Å². The number of hydrogen-bond donors (Lipinski definition) is 1.